The summed E-state index contributed by atoms with van der Waals surface area (Å²) in [5, 5.41) is 3.50. The highest BCUT2D eigenvalue weighted by Gasteiger charge is 2.15. The van der Waals surface area contributed by atoms with E-state index < -0.39 is 0 Å². The molecule has 2 rings (SSSR count). The van der Waals surface area contributed by atoms with E-state index in [1.165, 1.54) is 5.57 Å². The normalized spacial score (nSPS) is 14.6. The molecule has 4 heteroatoms. The zero-order valence-electron chi connectivity index (χ0n) is 13.0. The lowest BCUT2D eigenvalue weighted by molar-refractivity contribution is 0.170. The molecule has 116 valence electrons. The van der Waals surface area contributed by atoms with Gasteiger partial charge in [-0.25, -0.2) is 0 Å². The Hall–Kier alpha value is -1.00. The average molecular weight is 354 g/mol. The van der Waals surface area contributed by atoms with Crippen molar-refractivity contribution in [1.82, 2.24) is 5.32 Å². The second-order valence-electron chi connectivity index (χ2n) is 5.71. The monoisotopic (exact) mass is 353 g/mol. The van der Waals surface area contributed by atoms with Crippen molar-refractivity contribution in [2.45, 2.75) is 27.2 Å². The molecule has 21 heavy (non-hydrogen) atoms. The average Bonchev–Trinajstić information content (AvgIpc) is 2.46. The topological polar surface area (TPSA) is 30.5 Å². The summed E-state index contributed by atoms with van der Waals surface area (Å²) in [5.74, 6) is 2.31. The van der Waals surface area contributed by atoms with Gasteiger partial charge in [0.25, 0.3) is 0 Å². The van der Waals surface area contributed by atoms with Crippen molar-refractivity contribution < 1.29 is 9.47 Å². The minimum atomic E-state index is 0.611. The number of rotatable bonds is 6. The minimum Gasteiger partial charge on any atom is -0.486 e. The fraction of sp³-hybridized carbons (Fsp3) is 0.529. The lowest BCUT2D eigenvalue weighted by Gasteiger charge is -2.20. The highest BCUT2D eigenvalue weighted by Crippen LogP contribution is 2.39. The second kappa shape index (κ2) is 7.85. The molecule has 1 heterocycles. The molecule has 0 spiro atoms. The number of fused-ring (bicyclic) bond motifs is 1. The molecule has 0 saturated heterocycles. The third-order valence-electron chi connectivity index (χ3n) is 3.35. The first-order valence-electron chi connectivity index (χ1n) is 7.59. The summed E-state index contributed by atoms with van der Waals surface area (Å²) in [5.41, 5.74) is 2.54. The van der Waals surface area contributed by atoms with Crippen molar-refractivity contribution >= 4 is 22.0 Å². The van der Waals surface area contributed by atoms with E-state index in [1.807, 2.05) is 0 Å². The Morgan fingerprint density at radius 2 is 2.10 bits per heavy atom. The first kappa shape index (κ1) is 16.4. The van der Waals surface area contributed by atoms with Gasteiger partial charge in [0.15, 0.2) is 11.5 Å². The van der Waals surface area contributed by atoms with E-state index >= 15 is 0 Å². The lowest BCUT2D eigenvalue weighted by atomic mass is 10.1. The van der Waals surface area contributed by atoms with Gasteiger partial charge in [-0.2, -0.15) is 0 Å². The number of hydrogen-bond donors (Lipinski definition) is 1. The summed E-state index contributed by atoms with van der Waals surface area (Å²) in [6, 6.07) is 4.14. The van der Waals surface area contributed by atoms with Gasteiger partial charge in [-0.15, -0.1) is 0 Å². The maximum atomic E-state index is 5.67. The molecule has 3 nitrogen and oxygen atoms in total. The van der Waals surface area contributed by atoms with Crippen LogP contribution in [0.25, 0.3) is 6.08 Å². The highest BCUT2D eigenvalue weighted by molar-refractivity contribution is 9.10. The Morgan fingerprint density at radius 1 is 1.33 bits per heavy atom. The van der Waals surface area contributed by atoms with Crippen LogP contribution in [0.4, 0.5) is 0 Å². The largest absolute Gasteiger partial charge is 0.486 e. The third-order valence-corrected chi connectivity index (χ3v) is 3.94. The van der Waals surface area contributed by atoms with E-state index in [9.17, 15) is 0 Å². The third kappa shape index (κ3) is 4.75. The van der Waals surface area contributed by atoms with E-state index in [0.717, 1.165) is 41.0 Å². The maximum absolute atomic E-state index is 5.67. The summed E-state index contributed by atoms with van der Waals surface area (Å²) < 4.78 is 12.3. The van der Waals surface area contributed by atoms with Gasteiger partial charge in [0.2, 0.25) is 0 Å². The second-order valence-corrected chi connectivity index (χ2v) is 6.56. The van der Waals surface area contributed by atoms with Gasteiger partial charge >= 0.3 is 0 Å². The van der Waals surface area contributed by atoms with Crippen LogP contribution in [0.1, 0.15) is 32.8 Å². The zero-order valence-corrected chi connectivity index (χ0v) is 14.6. The summed E-state index contributed by atoms with van der Waals surface area (Å²) in [7, 11) is 0. The van der Waals surface area contributed by atoms with Crippen LogP contribution in [-0.2, 0) is 0 Å². The van der Waals surface area contributed by atoms with Gasteiger partial charge in [-0.3, -0.25) is 0 Å². The predicted molar refractivity (Wildman–Crippen MR) is 91.1 cm³/mol. The standard InChI is InChI=1S/C17H24BrNO2/c1-4-13(11-19-10-12(2)3)7-14-8-15(18)17-16(9-14)20-5-6-21-17/h7-9,12,19H,4-6,10-11H2,1-3H3. The minimum absolute atomic E-state index is 0.611. The molecule has 1 N–H and O–H groups in total. The van der Waals surface area contributed by atoms with E-state index in [1.54, 1.807) is 0 Å². The van der Waals surface area contributed by atoms with Crippen LogP contribution in [0.5, 0.6) is 11.5 Å². The first-order chi connectivity index (χ1) is 10.1. The van der Waals surface area contributed by atoms with Crippen molar-refractivity contribution in [3.63, 3.8) is 0 Å². The van der Waals surface area contributed by atoms with E-state index in [0.29, 0.717) is 19.1 Å². The van der Waals surface area contributed by atoms with Crippen LogP contribution in [0.15, 0.2) is 22.2 Å². The number of benzene rings is 1. The highest BCUT2D eigenvalue weighted by atomic mass is 79.9. The fourth-order valence-electron chi connectivity index (χ4n) is 2.25. The number of hydrogen-bond acceptors (Lipinski definition) is 3. The Labute approximate surface area is 135 Å². The molecule has 0 atom stereocenters. The van der Waals surface area contributed by atoms with Crippen LogP contribution in [0.2, 0.25) is 0 Å². The quantitative estimate of drug-likeness (QED) is 0.828. The summed E-state index contributed by atoms with van der Waals surface area (Å²) >= 11 is 3.57. The van der Waals surface area contributed by atoms with Crippen molar-refractivity contribution in [2.24, 2.45) is 5.92 Å². The molecule has 0 bridgehead atoms. The van der Waals surface area contributed by atoms with Crippen molar-refractivity contribution in [3.05, 3.63) is 27.7 Å². The molecule has 1 aromatic rings. The summed E-state index contributed by atoms with van der Waals surface area (Å²) in [6.07, 6.45) is 3.27. The predicted octanol–water partition coefficient (Wildman–Crippen LogP) is 4.26. The van der Waals surface area contributed by atoms with Gasteiger partial charge in [0, 0.05) is 6.54 Å². The van der Waals surface area contributed by atoms with Crippen LogP contribution in [-0.4, -0.2) is 26.3 Å². The van der Waals surface area contributed by atoms with Crippen LogP contribution < -0.4 is 14.8 Å². The Kier molecular flexibility index (Phi) is 6.12. The number of halogens is 1. The van der Waals surface area contributed by atoms with Crippen LogP contribution >= 0.6 is 15.9 Å². The smallest absolute Gasteiger partial charge is 0.175 e. The van der Waals surface area contributed by atoms with E-state index in [2.05, 4.69) is 60.2 Å². The van der Waals surface area contributed by atoms with E-state index in [4.69, 9.17) is 9.47 Å². The Bertz CT molecular complexity index is 512. The van der Waals surface area contributed by atoms with Gasteiger partial charge in [-0.1, -0.05) is 32.4 Å². The van der Waals surface area contributed by atoms with Crippen LogP contribution in [0, 0.1) is 5.92 Å². The van der Waals surface area contributed by atoms with Gasteiger partial charge < -0.3 is 14.8 Å². The van der Waals surface area contributed by atoms with Crippen molar-refractivity contribution in [3.8, 4) is 11.5 Å². The van der Waals surface area contributed by atoms with Crippen molar-refractivity contribution in [2.75, 3.05) is 26.3 Å². The summed E-state index contributed by atoms with van der Waals surface area (Å²) in [4.78, 5) is 0. The molecule has 0 amide bonds. The van der Waals surface area contributed by atoms with E-state index in [-0.39, 0.29) is 0 Å². The molecule has 0 unspecified atom stereocenters. The molecule has 1 aromatic carbocycles. The van der Waals surface area contributed by atoms with Crippen molar-refractivity contribution in [1.29, 1.82) is 0 Å². The molecule has 0 aliphatic carbocycles. The molecule has 1 aliphatic heterocycles. The maximum Gasteiger partial charge on any atom is 0.175 e. The Balaban J connectivity index is 2.12. The first-order valence-corrected chi connectivity index (χ1v) is 8.38. The SMILES string of the molecule is CCC(=Cc1cc(Br)c2c(c1)OCCO2)CNCC(C)C. The molecule has 0 fully saturated rings. The summed E-state index contributed by atoms with van der Waals surface area (Å²) in [6.45, 7) is 9.84. The molecule has 0 aromatic heterocycles. The Morgan fingerprint density at radius 3 is 2.81 bits per heavy atom. The fourth-order valence-corrected chi connectivity index (χ4v) is 2.82. The molecular weight excluding hydrogens is 330 g/mol. The van der Waals surface area contributed by atoms with Gasteiger partial charge in [0.05, 0.1) is 4.47 Å². The molecule has 1 aliphatic rings. The van der Waals surface area contributed by atoms with Gasteiger partial charge in [-0.05, 0) is 52.5 Å². The lowest BCUT2D eigenvalue weighted by Crippen LogP contribution is -2.21. The molecule has 0 saturated carbocycles. The molecular formula is C17H24BrNO2. The van der Waals surface area contributed by atoms with Crippen LogP contribution in [0.3, 0.4) is 0 Å². The number of nitrogens with one attached hydrogen (secondary N) is 1. The molecule has 0 radical (unpaired) electrons. The number of ether oxygens (including phenoxy) is 2. The van der Waals surface area contributed by atoms with Gasteiger partial charge in [0.1, 0.15) is 13.2 Å². The zero-order chi connectivity index (χ0) is 15.2.